The SMILES string of the molecule is Cn1nccc1CCC(N)c1ccsc1. The molecule has 0 aliphatic heterocycles. The van der Waals surface area contributed by atoms with Crippen molar-refractivity contribution >= 4 is 11.3 Å². The van der Waals surface area contributed by atoms with Gasteiger partial charge in [0.15, 0.2) is 0 Å². The summed E-state index contributed by atoms with van der Waals surface area (Å²) in [7, 11) is 1.96. The maximum atomic E-state index is 6.08. The van der Waals surface area contributed by atoms with Crippen molar-refractivity contribution in [3.8, 4) is 0 Å². The van der Waals surface area contributed by atoms with Crippen molar-refractivity contribution < 1.29 is 0 Å². The summed E-state index contributed by atoms with van der Waals surface area (Å²) in [6.45, 7) is 0. The summed E-state index contributed by atoms with van der Waals surface area (Å²) in [5.41, 5.74) is 8.56. The molecular weight excluding hydrogens is 206 g/mol. The number of nitrogens with zero attached hydrogens (tertiary/aromatic N) is 2. The number of thiophene rings is 1. The lowest BCUT2D eigenvalue weighted by atomic mass is 10.1. The average molecular weight is 221 g/mol. The van der Waals surface area contributed by atoms with Crippen LogP contribution in [0.15, 0.2) is 29.1 Å². The van der Waals surface area contributed by atoms with Crippen molar-refractivity contribution in [2.75, 3.05) is 0 Å². The third-order valence-electron chi connectivity index (χ3n) is 2.61. The second-order valence-electron chi connectivity index (χ2n) is 3.65. The molecule has 80 valence electrons. The minimum atomic E-state index is 0.145. The summed E-state index contributed by atoms with van der Waals surface area (Å²) in [5, 5.41) is 8.32. The molecular formula is C11H15N3S. The van der Waals surface area contributed by atoms with Crippen molar-refractivity contribution in [3.63, 3.8) is 0 Å². The molecule has 15 heavy (non-hydrogen) atoms. The van der Waals surface area contributed by atoms with Gasteiger partial charge in [-0.3, -0.25) is 4.68 Å². The van der Waals surface area contributed by atoms with Gasteiger partial charge in [-0.25, -0.2) is 0 Å². The maximum Gasteiger partial charge on any atom is 0.0492 e. The lowest BCUT2D eigenvalue weighted by molar-refractivity contribution is 0.615. The number of nitrogens with two attached hydrogens (primary N) is 1. The third-order valence-corrected chi connectivity index (χ3v) is 3.31. The fourth-order valence-corrected chi connectivity index (χ4v) is 2.33. The van der Waals surface area contributed by atoms with E-state index < -0.39 is 0 Å². The molecule has 0 amide bonds. The van der Waals surface area contributed by atoms with Crippen molar-refractivity contribution in [2.45, 2.75) is 18.9 Å². The molecule has 2 aromatic heterocycles. The van der Waals surface area contributed by atoms with E-state index in [9.17, 15) is 0 Å². The van der Waals surface area contributed by atoms with Gasteiger partial charge >= 0.3 is 0 Å². The van der Waals surface area contributed by atoms with Gasteiger partial charge < -0.3 is 5.73 Å². The molecule has 0 saturated carbocycles. The lowest BCUT2D eigenvalue weighted by Gasteiger charge is -2.09. The Morgan fingerprint density at radius 3 is 3.00 bits per heavy atom. The van der Waals surface area contributed by atoms with Crippen LogP contribution < -0.4 is 5.73 Å². The fraction of sp³-hybridized carbons (Fsp3) is 0.364. The molecule has 0 saturated heterocycles. The van der Waals surface area contributed by atoms with Crippen LogP contribution in [0, 0.1) is 0 Å². The smallest absolute Gasteiger partial charge is 0.0492 e. The van der Waals surface area contributed by atoms with E-state index in [0.29, 0.717) is 0 Å². The molecule has 2 N–H and O–H groups in total. The van der Waals surface area contributed by atoms with E-state index in [1.165, 1.54) is 11.3 Å². The number of rotatable bonds is 4. The molecule has 0 aliphatic rings. The first kappa shape index (κ1) is 10.4. The quantitative estimate of drug-likeness (QED) is 0.859. The molecule has 0 radical (unpaired) electrons. The van der Waals surface area contributed by atoms with Crippen LogP contribution in [-0.2, 0) is 13.5 Å². The summed E-state index contributed by atoms with van der Waals surface area (Å²) < 4.78 is 1.90. The van der Waals surface area contributed by atoms with Gasteiger partial charge in [-0.05, 0) is 41.3 Å². The highest BCUT2D eigenvalue weighted by atomic mass is 32.1. The Bertz CT molecular complexity index is 405. The largest absolute Gasteiger partial charge is 0.324 e. The zero-order chi connectivity index (χ0) is 10.7. The molecule has 1 atom stereocenters. The Morgan fingerprint density at radius 1 is 1.53 bits per heavy atom. The Morgan fingerprint density at radius 2 is 2.40 bits per heavy atom. The van der Waals surface area contributed by atoms with Gasteiger partial charge in [0.25, 0.3) is 0 Å². The molecule has 0 aliphatic carbocycles. The third kappa shape index (κ3) is 2.46. The Kier molecular flexibility index (Phi) is 3.18. The van der Waals surface area contributed by atoms with Crippen LogP contribution in [0.25, 0.3) is 0 Å². The van der Waals surface area contributed by atoms with Gasteiger partial charge in [0.1, 0.15) is 0 Å². The van der Waals surface area contributed by atoms with Crippen LogP contribution in [0.2, 0.25) is 0 Å². The Labute approximate surface area is 93.5 Å². The molecule has 0 bridgehead atoms. The van der Waals surface area contributed by atoms with Crippen molar-refractivity contribution in [1.29, 1.82) is 0 Å². The Balaban J connectivity index is 1.91. The Hall–Kier alpha value is -1.13. The highest BCUT2D eigenvalue weighted by molar-refractivity contribution is 7.07. The summed E-state index contributed by atoms with van der Waals surface area (Å²) in [5.74, 6) is 0. The fourth-order valence-electron chi connectivity index (χ4n) is 1.60. The number of hydrogen-bond acceptors (Lipinski definition) is 3. The zero-order valence-corrected chi connectivity index (χ0v) is 9.57. The summed E-state index contributed by atoms with van der Waals surface area (Å²) >= 11 is 1.70. The van der Waals surface area contributed by atoms with Gasteiger partial charge in [0.2, 0.25) is 0 Å². The predicted molar refractivity (Wildman–Crippen MR) is 62.8 cm³/mol. The minimum absolute atomic E-state index is 0.145. The molecule has 2 aromatic rings. The van der Waals surface area contributed by atoms with Gasteiger partial charge in [-0.1, -0.05) is 0 Å². The van der Waals surface area contributed by atoms with Crippen LogP contribution in [-0.4, -0.2) is 9.78 Å². The van der Waals surface area contributed by atoms with Crippen LogP contribution in [0.3, 0.4) is 0 Å². The van der Waals surface area contributed by atoms with E-state index in [0.717, 1.165) is 12.8 Å². The molecule has 0 fully saturated rings. The summed E-state index contributed by atoms with van der Waals surface area (Å²) in [4.78, 5) is 0. The monoisotopic (exact) mass is 221 g/mol. The van der Waals surface area contributed by atoms with Gasteiger partial charge in [-0.2, -0.15) is 16.4 Å². The van der Waals surface area contributed by atoms with E-state index in [4.69, 9.17) is 5.73 Å². The van der Waals surface area contributed by atoms with Gasteiger partial charge in [0, 0.05) is 25.0 Å². The van der Waals surface area contributed by atoms with E-state index in [-0.39, 0.29) is 6.04 Å². The molecule has 3 nitrogen and oxygen atoms in total. The van der Waals surface area contributed by atoms with E-state index in [1.807, 2.05) is 24.0 Å². The van der Waals surface area contributed by atoms with Gasteiger partial charge in [-0.15, -0.1) is 0 Å². The topological polar surface area (TPSA) is 43.8 Å². The molecule has 4 heteroatoms. The normalized spacial score (nSPS) is 12.9. The maximum absolute atomic E-state index is 6.08. The predicted octanol–water partition coefficient (Wildman–Crippen LogP) is 2.11. The minimum Gasteiger partial charge on any atom is -0.324 e. The first-order valence-electron chi connectivity index (χ1n) is 5.02. The summed E-state index contributed by atoms with van der Waals surface area (Å²) in [6.07, 6.45) is 3.77. The zero-order valence-electron chi connectivity index (χ0n) is 8.76. The lowest BCUT2D eigenvalue weighted by Crippen LogP contribution is -2.11. The highest BCUT2D eigenvalue weighted by Gasteiger charge is 2.07. The van der Waals surface area contributed by atoms with Crippen LogP contribution in [0.4, 0.5) is 0 Å². The summed E-state index contributed by atoms with van der Waals surface area (Å²) in [6, 6.07) is 4.28. The van der Waals surface area contributed by atoms with E-state index in [1.54, 1.807) is 11.3 Å². The average Bonchev–Trinajstić information content (AvgIpc) is 2.85. The van der Waals surface area contributed by atoms with Gasteiger partial charge in [0.05, 0.1) is 0 Å². The number of aromatic nitrogens is 2. The molecule has 0 aromatic carbocycles. The first-order valence-corrected chi connectivity index (χ1v) is 5.96. The van der Waals surface area contributed by atoms with E-state index in [2.05, 4.69) is 21.9 Å². The molecule has 0 spiro atoms. The van der Waals surface area contributed by atoms with Crippen molar-refractivity contribution in [1.82, 2.24) is 9.78 Å². The number of hydrogen-bond donors (Lipinski definition) is 1. The molecule has 2 rings (SSSR count). The molecule has 1 unspecified atom stereocenters. The number of aryl methyl sites for hydroxylation is 2. The second kappa shape index (κ2) is 4.59. The molecule has 2 heterocycles. The van der Waals surface area contributed by atoms with E-state index >= 15 is 0 Å². The van der Waals surface area contributed by atoms with Crippen molar-refractivity contribution in [2.24, 2.45) is 12.8 Å². The standard InChI is InChI=1S/C11H15N3S/c1-14-10(4-6-13-14)2-3-11(12)9-5-7-15-8-9/h4-8,11H,2-3,12H2,1H3. The highest BCUT2D eigenvalue weighted by Crippen LogP contribution is 2.18. The first-order chi connectivity index (χ1) is 7.27. The van der Waals surface area contributed by atoms with Crippen molar-refractivity contribution in [3.05, 3.63) is 40.3 Å². The van der Waals surface area contributed by atoms with Crippen LogP contribution in [0.5, 0.6) is 0 Å². The second-order valence-corrected chi connectivity index (χ2v) is 4.43. The van der Waals surface area contributed by atoms with Crippen LogP contribution in [0.1, 0.15) is 23.7 Å². The van der Waals surface area contributed by atoms with Crippen LogP contribution >= 0.6 is 11.3 Å².